The molecule has 1 heterocycles. The number of benzene rings is 2. The molecule has 0 aliphatic rings. The summed E-state index contributed by atoms with van der Waals surface area (Å²) in [5.41, 5.74) is 2.53. The Balaban J connectivity index is 1.96. The molecule has 0 spiro atoms. The van der Waals surface area contributed by atoms with Crippen molar-refractivity contribution in [2.24, 2.45) is 0 Å². The lowest BCUT2D eigenvalue weighted by atomic mass is 10.2. The van der Waals surface area contributed by atoms with Gasteiger partial charge in [0.25, 0.3) is 5.91 Å². The summed E-state index contributed by atoms with van der Waals surface area (Å²) < 4.78 is 0. The minimum atomic E-state index is -0.138. The van der Waals surface area contributed by atoms with Gasteiger partial charge in [0, 0.05) is 30.9 Å². The Labute approximate surface area is 170 Å². The molecule has 29 heavy (non-hydrogen) atoms. The van der Waals surface area contributed by atoms with E-state index >= 15 is 0 Å². The van der Waals surface area contributed by atoms with Crippen LogP contribution in [-0.4, -0.2) is 34.4 Å². The molecule has 0 radical (unpaired) electrons. The molecule has 0 unspecified atom stereocenters. The summed E-state index contributed by atoms with van der Waals surface area (Å²) in [5.74, 6) is 0.869. The maximum Gasteiger partial charge on any atom is 0.272 e. The van der Waals surface area contributed by atoms with E-state index in [2.05, 4.69) is 28.3 Å². The summed E-state index contributed by atoms with van der Waals surface area (Å²) in [4.78, 5) is 23.7. The molecule has 1 aromatic heterocycles. The summed E-state index contributed by atoms with van der Waals surface area (Å²) in [6, 6.07) is 20.4. The third kappa shape index (κ3) is 5.17. The third-order valence-electron chi connectivity index (χ3n) is 4.46. The molecule has 0 aliphatic carbocycles. The van der Waals surface area contributed by atoms with Crippen molar-refractivity contribution in [3.63, 3.8) is 0 Å². The first kappa shape index (κ1) is 20.0. The highest BCUT2D eigenvalue weighted by atomic mass is 16.2. The van der Waals surface area contributed by atoms with Gasteiger partial charge in [-0.3, -0.25) is 4.79 Å². The molecule has 146 valence electrons. The fraction of sp³-hybridized carbons (Fsp3) is 0.217. The van der Waals surface area contributed by atoms with Gasteiger partial charge in [0.1, 0.15) is 11.5 Å². The number of nitriles is 1. The zero-order valence-corrected chi connectivity index (χ0v) is 16.6. The number of unbranched alkanes of at least 4 members (excludes halogenated alkanes) is 1. The number of nitrogens with one attached hydrogen (secondary N) is 1. The highest BCUT2D eigenvalue weighted by Gasteiger charge is 2.16. The number of aromatic nitrogens is 2. The molecule has 1 N–H and O–H groups in total. The van der Waals surface area contributed by atoms with Gasteiger partial charge < -0.3 is 10.2 Å². The van der Waals surface area contributed by atoms with E-state index in [-0.39, 0.29) is 5.91 Å². The Bertz CT molecular complexity index is 1010. The second-order valence-electron chi connectivity index (χ2n) is 6.72. The monoisotopic (exact) mass is 385 g/mol. The van der Waals surface area contributed by atoms with Crippen molar-refractivity contribution in [3.8, 4) is 17.5 Å². The van der Waals surface area contributed by atoms with Crippen LogP contribution in [0.25, 0.3) is 11.4 Å². The van der Waals surface area contributed by atoms with Crippen molar-refractivity contribution in [1.29, 1.82) is 5.26 Å². The van der Waals surface area contributed by atoms with Crippen LogP contribution in [0.3, 0.4) is 0 Å². The standard InChI is InChI=1S/C23H23N5O/c1-3-4-14-28(2)23(29)20-15-21(25-19-12-10-17(16-24)11-13-19)27-22(26-20)18-8-6-5-7-9-18/h5-13,15H,3-4,14H2,1-2H3,(H,25,26,27). The number of hydrogen-bond donors (Lipinski definition) is 1. The van der Waals surface area contributed by atoms with Crippen molar-refractivity contribution < 1.29 is 4.79 Å². The average Bonchev–Trinajstić information content (AvgIpc) is 2.77. The number of anilines is 2. The summed E-state index contributed by atoms with van der Waals surface area (Å²) in [7, 11) is 1.79. The first-order valence-corrected chi connectivity index (χ1v) is 9.58. The zero-order valence-electron chi connectivity index (χ0n) is 16.6. The fourth-order valence-corrected chi connectivity index (χ4v) is 2.81. The smallest absolute Gasteiger partial charge is 0.272 e. The van der Waals surface area contributed by atoms with Gasteiger partial charge in [0.05, 0.1) is 11.6 Å². The molecule has 0 aliphatic heterocycles. The van der Waals surface area contributed by atoms with E-state index in [0.717, 1.165) is 24.1 Å². The van der Waals surface area contributed by atoms with Crippen LogP contribution in [-0.2, 0) is 0 Å². The van der Waals surface area contributed by atoms with Crippen LogP contribution < -0.4 is 5.32 Å². The van der Waals surface area contributed by atoms with Gasteiger partial charge in [-0.25, -0.2) is 9.97 Å². The number of carbonyl (C=O) groups is 1. The van der Waals surface area contributed by atoms with E-state index in [9.17, 15) is 4.79 Å². The zero-order chi connectivity index (χ0) is 20.6. The highest BCUT2D eigenvalue weighted by Crippen LogP contribution is 2.21. The lowest BCUT2D eigenvalue weighted by Crippen LogP contribution is -2.28. The van der Waals surface area contributed by atoms with E-state index in [1.54, 1.807) is 42.3 Å². The van der Waals surface area contributed by atoms with Crippen LogP contribution in [0.5, 0.6) is 0 Å². The summed E-state index contributed by atoms with van der Waals surface area (Å²) in [6.45, 7) is 2.77. The third-order valence-corrected chi connectivity index (χ3v) is 4.46. The van der Waals surface area contributed by atoms with Gasteiger partial charge in [0.15, 0.2) is 5.82 Å². The number of amides is 1. The Morgan fingerprint density at radius 3 is 2.48 bits per heavy atom. The van der Waals surface area contributed by atoms with E-state index in [1.807, 2.05) is 30.3 Å². The summed E-state index contributed by atoms with van der Waals surface area (Å²) in [6.07, 6.45) is 1.96. The first-order valence-electron chi connectivity index (χ1n) is 9.58. The minimum Gasteiger partial charge on any atom is -0.340 e. The molecule has 0 atom stereocenters. The topological polar surface area (TPSA) is 81.9 Å². The lowest BCUT2D eigenvalue weighted by Gasteiger charge is -2.17. The summed E-state index contributed by atoms with van der Waals surface area (Å²) in [5, 5.41) is 12.2. The van der Waals surface area contributed by atoms with Crippen LogP contribution in [0.4, 0.5) is 11.5 Å². The van der Waals surface area contributed by atoms with Crippen LogP contribution in [0.2, 0.25) is 0 Å². The Morgan fingerprint density at radius 1 is 1.10 bits per heavy atom. The molecule has 0 saturated heterocycles. The minimum absolute atomic E-state index is 0.138. The second kappa shape index (κ2) is 9.47. The lowest BCUT2D eigenvalue weighted by molar-refractivity contribution is 0.0787. The molecular weight excluding hydrogens is 362 g/mol. The number of carbonyl (C=O) groups excluding carboxylic acids is 1. The molecule has 6 nitrogen and oxygen atoms in total. The average molecular weight is 385 g/mol. The maximum absolute atomic E-state index is 12.9. The Kier molecular flexibility index (Phi) is 6.54. The molecule has 1 amide bonds. The molecule has 0 fully saturated rings. The predicted octanol–water partition coefficient (Wildman–Crippen LogP) is 4.63. The second-order valence-corrected chi connectivity index (χ2v) is 6.72. The van der Waals surface area contributed by atoms with Crippen LogP contribution in [0.15, 0.2) is 60.7 Å². The maximum atomic E-state index is 12.9. The quantitative estimate of drug-likeness (QED) is 0.641. The van der Waals surface area contributed by atoms with Crippen molar-refractivity contribution in [3.05, 3.63) is 71.9 Å². The van der Waals surface area contributed by atoms with E-state index in [4.69, 9.17) is 5.26 Å². The van der Waals surface area contributed by atoms with Crippen molar-refractivity contribution >= 4 is 17.4 Å². The van der Waals surface area contributed by atoms with Crippen molar-refractivity contribution in [1.82, 2.24) is 14.9 Å². The molecule has 3 rings (SSSR count). The van der Waals surface area contributed by atoms with Crippen LogP contribution in [0, 0.1) is 11.3 Å². The SMILES string of the molecule is CCCCN(C)C(=O)c1cc(Nc2ccc(C#N)cc2)nc(-c2ccccc2)n1. The largest absolute Gasteiger partial charge is 0.340 e. The molecule has 0 saturated carbocycles. The fourth-order valence-electron chi connectivity index (χ4n) is 2.81. The predicted molar refractivity (Wildman–Crippen MR) is 114 cm³/mol. The molecule has 0 bridgehead atoms. The highest BCUT2D eigenvalue weighted by molar-refractivity contribution is 5.93. The first-order chi connectivity index (χ1) is 14.1. The molecular formula is C23H23N5O. The van der Waals surface area contributed by atoms with Crippen molar-refractivity contribution in [2.45, 2.75) is 19.8 Å². The number of nitrogens with zero attached hydrogens (tertiary/aromatic N) is 4. The normalized spacial score (nSPS) is 10.2. The Hall–Kier alpha value is -3.72. The molecule has 6 heteroatoms. The van der Waals surface area contributed by atoms with Crippen LogP contribution in [0.1, 0.15) is 35.8 Å². The van der Waals surface area contributed by atoms with Gasteiger partial charge in [0.2, 0.25) is 0 Å². The Morgan fingerprint density at radius 2 is 1.83 bits per heavy atom. The van der Waals surface area contributed by atoms with E-state index in [0.29, 0.717) is 29.4 Å². The van der Waals surface area contributed by atoms with Crippen molar-refractivity contribution in [2.75, 3.05) is 18.9 Å². The van der Waals surface area contributed by atoms with Gasteiger partial charge in [-0.15, -0.1) is 0 Å². The van der Waals surface area contributed by atoms with Crippen LogP contribution >= 0.6 is 0 Å². The van der Waals surface area contributed by atoms with E-state index in [1.165, 1.54) is 0 Å². The van der Waals surface area contributed by atoms with E-state index < -0.39 is 0 Å². The van der Waals surface area contributed by atoms with Gasteiger partial charge >= 0.3 is 0 Å². The van der Waals surface area contributed by atoms with Gasteiger partial charge in [-0.1, -0.05) is 43.7 Å². The molecule has 3 aromatic rings. The number of hydrogen-bond acceptors (Lipinski definition) is 5. The number of rotatable bonds is 7. The van der Waals surface area contributed by atoms with Gasteiger partial charge in [-0.05, 0) is 30.7 Å². The molecule has 2 aromatic carbocycles. The van der Waals surface area contributed by atoms with Gasteiger partial charge in [-0.2, -0.15) is 5.26 Å². The summed E-state index contributed by atoms with van der Waals surface area (Å²) >= 11 is 0.